The Morgan fingerprint density at radius 3 is 0.747 bits per heavy atom. The summed E-state index contributed by atoms with van der Waals surface area (Å²) >= 11 is 0. The fourth-order valence-corrected chi connectivity index (χ4v) is 10.5. The van der Waals surface area contributed by atoms with E-state index in [0.717, 1.165) is 109 Å². The summed E-state index contributed by atoms with van der Waals surface area (Å²) in [6, 6.07) is 0. The molecule has 0 aromatic rings. The molecule has 6 nitrogen and oxygen atoms in total. The quantitative estimate of drug-likeness (QED) is 0.0261. The van der Waals surface area contributed by atoms with Crippen LogP contribution in [0.25, 0.3) is 0 Å². The first-order valence-corrected chi connectivity index (χ1v) is 36.1. The van der Waals surface area contributed by atoms with Crippen LogP contribution in [0.4, 0.5) is 0 Å². The van der Waals surface area contributed by atoms with Gasteiger partial charge in [0.1, 0.15) is 13.2 Å². The topological polar surface area (TPSA) is 78.9 Å². The van der Waals surface area contributed by atoms with Crippen LogP contribution in [0, 0.1) is 0 Å². The minimum absolute atomic E-state index is 0.0790. The molecule has 6 heteroatoms. The summed E-state index contributed by atoms with van der Waals surface area (Å²) in [5, 5.41) is 0. The molecule has 0 amide bonds. The van der Waals surface area contributed by atoms with Crippen LogP contribution in [0.1, 0.15) is 367 Å². The molecule has 0 aromatic heterocycles. The van der Waals surface area contributed by atoms with Crippen LogP contribution in [-0.4, -0.2) is 37.2 Å². The normalized spacial score (nSPS) is 12.6. The van der Waals surface area contributed by atoms with Gasteiger partial charge in [0.25, 0.3) is 0 Å². The standard InChI is InChI=1S/C77H136O6/c1-4-7-10-13-16-19-22-25-28-31-34-36-38-39-40-42-43-46-49-52-55-58-61-64-67-70-76(79)82-73-74(72-81-75(78)69-66-63-60-57-54-51-48-45-33-30-27-24-21-18-15-12-9-6-3)83-77(80)71-68-65-62-59-56-53-50-47-44-41-37-35-32-29-26-23-20-17-14-11-8-5-2/h7,10,16,19,21,24-25,28,30,33-34,36,39-40,74H,4-6,8-9,11-15,17-18,20,22-23,26-27,29,31-32,35,37-38,41-73H2,1-3H3/b10-7-,19-16-,24-21-,28-25-,33-30-,36-34-,40-39-. The number of rotatable bonds is 66. The highest BCUT2D eigenvalue weighted by atomic mass is 16.6. The minimum atomic E-state index is -0.783. The molecule has 0 aliphatic rings. The molecule has 0 aliphatic heterocycles. The summed E-state index contributed by atoms with van der Waals surface area (Å²) in [5.41, 5.74) is 0. The maximum Gasteiger partial charge on any atom is 0.306 e. The van der Waals surface area contributed by atoms with Gasteiger partial charge in [-0.05, 0) is 96.3 Å². The molecule has 0 bridgehead atoms. The summed E-state index contributed by atoms with van der Waals surface area (Å²) in [5.74, 6) is -0.870. The Morgan fingerprint density at radius 1 is 0.253 bits per heavy atom. The summed E-state index contributed by atoms with van der Waals surface area (Å²) in [6.45, 7) is 6.56. The zero-order valence-corrected chi connectivity index (χ0v) is 55.2. The van der Waals surface area contributed by atoms with Crippen LogP contribution in [0.15, 0.2) is 85.1 Å². The fourth-order valence-electron chi connectivity index (χ4n) is 10.5. The Morgan fingerprint density at radius 2 is 0.470 bits per heavy atom. The van der Waals surface area contributed by atoms with E-state index in [4.69, 9.17) is 14.2 Å². The molecule has 0 aliphatic carbocycles. The van der Waals surface area contributed by atoms with Gasteiger partial charge in [-0.15, -0.1) is 0 Å². The Bertz CT molecular complexity index is 1570. The van der Waals surface area contributed by atoms with Gasteiger partial charge in [-0.1, -0.05) is 337 Å². The first-order chi connectivity index (χ1) is 41.0. The van der Waals surface area contributed by atoms with E-state index in [2.05, 4.69) is 106 Å². The van der Waals surface area contributed by atoms with Crippen molar-refractivity contribution in [1.29, 1.82) is 0 Å². The average Bonchev–Trinajstić information content (AvgIpc) is 3.50. The lowest BCUT2D eigenvalue weighted by Gasteiger charge is -2.18. The van der Waals surface area contributed by atoms with Crippen molar-refractivity contribution in [3.05, 3.63) is 85.1 Å². The van der Waals surface area contributed by atoms with Crippen molar-refractivity contribution in [2.45, 2.75) is 374 Å². The number of hydrogen-bond acceptors (Lipinski definition) is 6. The second-order valence-corrected chi connectivity index (χ2v) is 24.1. The van der Waals surface area contributed by atoms with E-state index in [-0.39, 0.29) is 31.1 Å². The summed E-state index contributed by atoms with van der Waals surface area (Å²) in [4.78, 5) is 38.5. The van der Waals surface area contributed by atoms with Gasteiger partial charge in [0.15, 0.2) is 6.10 Å². The lowest BCUT2D eigenvalue weighted by Crippen LogP contribution is -2.30. The van der Waals surface area contributed by atoms with Gasteiger partial charge >= 0.3 is 17.9 Å². The largest absolute Gasteiger partial charge is 0.462 e. The van der Waals surface area contributed by atoms with Gasteiger partial charge < -0.3 is 14.2 Å². The van der Waals surface area contributed by atoms with Gasteiger partial charge in [0.05, 0.1) is 0 Å². The first-order valence-electron chi connectivity index (χ1n) is 36.1. The fraction of sp³-hybridized carbons (Fsp3) is 0.779. The van der Waals surface area contributed by atoms with E-state index >= 15 is 0 Å². The number of allylic oxidation sites excluding steroid dienone is 14. The van der Waals surface area contributed by atoms with Crippen molar-refractivity contribution in [1.82, 2.24) is 0 Å². The van der Waals surface area contributed by atoms with E-state index in [1.165, 1.54) is 218 Å². The van der Waals surface area contributed by atoms with Crippen molar-refractivity contribution >= 4 is 17.9 Å². The van der Waals surface area contributed by atoms with E-state index in [0.29, 0.717) is 19.3 Å². The van der Waals surface area contributed by atoms with Gasteiger partial charge in [0.2, 0.25) is 0 Å². The van der Waals surface area contributed by atoms with Crippen LogP contribution >= 0.6 is 0 Å². The molecule has 0 rings (SSSR count). The van der Waals surface area contributed by atoms with Gasteiger partial charge in [-0.25, -0.2) is 0 Å². The summed E-state index contributed by atoms with van der Waals surface area (Å²) < 4.78 is 17.0. The second-order valence-electron chi connectivity index (χ2n) is 24.1. The number of hydrogen-bond donors (Lipinski definition) is 0. The molecule has 480 valence electrons. The second kappa shape index (κ2) is 71.1. The van der Waals surface area contributed by atoms with Crippen LogP contribution in [0.3, 0.4) is 0 Å². The van der Waals surface area contributed by atoms with Gasteiger partial charge in [-0.3, -0.25) is 14.4 Å². The molecule has 1 unspecified atom stereocenters. The highest BCUT2D eigenvalue weighted by molar-refractivity contribution is 5.71. The van der Waals surface area contributed by atoms with Crippen molar-refractivity contribution in [3.63, 3.8) is 0 Å². The van der Waals surface area contributed by atoms with Crippen LogP contribution in [0.2, 0.25) is 0 Å². The van der Waals surface area contributed by atoms with E-state index in [9.17, 15) is 14.4 Å². The molecule has 1 atom stereocenters. The molecular weight excluding hydrogens is 1020 g/mol. The van der Waals surface area contributed by atoms with Crippen LogP contribution < -0.4 is 0 Å². The molecule has 0 heterocycles. The highest BCUT2D eigenvalue weighted by Crippen LogP contribution is 2.18. The Balaban J connectivity index is 4.36. The zero-order valence-electron chi connectivity index (χ0n) is 55.2. The van der Waals surface area contributed by atoms with E-state index in [1.807, 2.05) is 0 Å². The average molecular weight is 1160 g/mol. The van der Waals surface area contributed by atoms with Gasteiger partial charge in [0, 0.05) is 19.3 Å². The third-order valence-electron chi connectivity index (χ3n) is 15.9. The molecule has 83 heavy (non-hydrogen) atoms. The summed E-state index contributed by atoms with van der Waals surface area (Å²) in [7, 11) is 0. The predicted octanol–water partition coefficient (Wildman–Crippen LogP) is 25.0. The van der Waals surface area contributed by atoms with E-state index < -0.39 is 6.10 Å². The van der Waals surface area contributed by atoms with E-state index in [1.54, 1.807) is 0 Å². The Kier molecular flexibility index (Phi) is 68.2. The minimum Gasteiger partial charge on any atom is -0.462 e. The number of carbonyl (C=O) groups excluding carboxylic acids is 3. The molecule has 0 spiro atoms. The van der Waals surface area contributed by atoms with Crippen molar-refractivity contribution < 1.29 is 28.6 Å². The molecule has 0 radical (unpaired) electrons. The lowest BCUT2D eigenvalue weighted by atomic mass is 10.0. The molecule has 0 aromatic carbocycles. The Hall–Kier alpha value is -3.41. The maximum atomic E-state index is 13.0. The first kappa shape index (κ1) is 79.6. The Labute approximate surface area is 515 Å². The number of ether oxygens (including phenoxy) is 3. The lowest BCUT2D eigenvalue weighted by molar-refractivity contribution is -0.167. The van der Waals surface area contributed by atoms with Crippen molar-refractivity contribution in [3.8, 4) is 0 Å². The highest BCUT2D eigenvalue weighted by Gasteiger charge is 2.19. The summed E-state index contributed by atoms with van der Waals surface area (Å²) in [6.07, 6.45) is 94.6. The molecule has 0 N–H and O–H groups in total. The number of unbranched alkanes of at least 4 members (excludes halogenated alkanes) is 41. The van der Waals surface area contributed by atoms with Crippen LogP contribution in [0.5, 0.6) is 0 Å². The maximum absolute atomic E-state index is 13.0. The SMILES string of the molecule is CC/C=C\C/C=C\C/C=C\C/C=C\C/C=C\CCCCCCCCCCCC(=O)OCC(COC(=O)CCCCCCCCC/C=C\C/C=C\CCCCCC)OC(=O)CCCCCCCCCCCCCCCCCCCCCCCC. The molecule has 0 saturated heterocycles. The monoisotopic (exact) mass is 1160 g/mol. The molecule has 0 saturated carbocycles. The predicted molar refractivity (Wildman–Crippen MR) is 362 cm³/mol. The number of carbonyl (C=O) groups is 3. The molecule has 0 fully saturated rings. The molecular formula is C77H136O6. The smallest absolute Gasteiger partial charge is 0.306 e. The zero-order chi connectivity index (χ0) is 59.9. The van der Waals surface area contributed by atoms with Crippen LogP contribution in [-0.2, 0) is 28.6 Å². The van der Waals surface area contributed by atoms with Crippen molar-refractivity contribution in [2.75, 3.05) is 13.2 Å². The third kappa shape index (κ3) is 69.3. The third-order valence-corrected chi connectivity index (χ3v) is 15.9. The van der Waals surface area contributed by atoms with Gasteiger partial charge in [-0.2, -0.15) is 0 Å². The van der Waals surface area contributed by atoms with Crippen molar-refractivity contribution in [2.24, 2.45) is 0 Å². The number of esters is 3.